The lowest BCUT2D eigenvalue weighted by molar-refractivity contribution is -0.136. The van der Waals surface area contributed by atoms with Crippen molar-refractivity contribution in [1.82, 2.24) is 9.55 Å². The lowest BCUT2D eigenvalue weighted by atomic mass is 9.98. The van der Waals surface area contributed by atoms with Crippen molar-refractivity contribution >= 4 is 23.6 Å². The summed E-state index contributed by atoms with van der Waals surface area (Å²) in [5, 5.41) is 0.316. The molecule has 1 aromatic heterocycles. The van der Waals surface area contributed by atoms with Crippen molar-refractivity contribution in [2.45, 2.75) is 59.1 Å². The van der Waals surface area contributed by atoms with Gasteiger partial charge in [-0.1, -0.05) is 79.5 Å². The number of carbonyl (C=O) groups excluding carboxylic acids is 1. The molecule has 0 unspecified atom stereocenters. The Balaban J connectivity index is 1.70. The molecular formula is C32H33ClN2O5. The summed E-state index contributed by atoms with van der Waals surface area (Å²) < 4.78 is 12.7. The van der Waals surface area contributed by atoms with Crippen LogP contribution < -0.4 is 15.6 Å². The molecule has 208 valence electrons. The Morgan fingerprint density at radius 2 is 1.73 bits per heavy atom. The lowest BCUT2D eigenvalue weighted by Gasteiger charge is -2.16. The molecule has 0 radical (unpaired) electrons. The molecule has 0 spiro atoms. The maximum Gasteiger partial charge on any atom is 0.334 e. The Bertz CT molecular complexity index is 1580. The second kappa shape index (κ2) is 12.9. The predicted octanol–water partition coefficient (Wildman–Crippen LogP) is 5.78. The van der Waals surface area contributed by atoms with E-state index < -0.39 is 16.8 Å². The third kappa shape index (κ3) is 6.42. The van der Waals surface area contributed by atoms with E-state index in [-0.39, 0.29) is 11.9 Å². The highest BCUT2D eigenvalue weighted by atomic mass is 35.5. The van der Waals surface area contributed by atoms with Crippen LogP contribution in [0.1, 0.15) is 56.3 Å². The van der Waals surface area contributed by atoms with E-state index in [9.17, 15) is 14.4 Å². The topological polar surface area (TPSA) is 87.5 Å². The third-order valence-corrected chi connectivity index (χ3v) is 6.87. The van der Waals surface area contributed by atoms with E-state index in [0.29, 0.717) is 40.5 Å². The molecule has 7 nitrogen and oxygen atoms in total. The molecule has 0 aliphatic carbocycles. The molecule has 0 N–H and O–H groups in total. The van der Waals surface area contributed by atoms with Crippen LogP contribution in [0.2, 0.25) is 5.15 Å². The minimum absolute atomic E-state index is 0.122. The zero-order valence-corrected chi connectivity index (χ0v) is 24.0. The fourth-order valence-corrected chi connectivity index (χ4v) is 4.81. The monoisotopic (exact) mass is 560 g/mol. The normalized spacial score (nSPS) is 11.8. The molecule has 3 aromatic carbocycles. The van der Waals surface area contributed by atoms with Crippen molar-refractivity contribution in [2.24, 2.45) is 0 Å². The summed E-state index contributed by atoms with van der Waals surface area (Å²) in [7, 11) is 1.36. The van der Waals surface area contributed by atoms with E-state index in [1.54, 1.807) is 6.08 Å². The van der Waals surface area contributed by atoms with Gasteiger partial charge >= 0.3 is 5.97 Å². The number of ether oxygens (including phenoxy) is 2. The second-order valence-corrected chi connectivity index (χ2v) is 10.3. The van der Waals surface area contributed by atoms with Gasteiger partial charge in [-0.25, -0.2) is 9.78 Å². The predicted molar refractivity (Wildman–Crippen MR) is 158 cm³/mol. The SMILES string of the molecule is CCCCc1nc(Cl)c(/C=C(/Cc2ccccc2)C(=O)OC)n1Cc1ccc(-c2c(OC(C)C)c(=O)c2=O)cc1. The number of imidazole rings is 1. The Hall–Kier alpha value is -3.97. The first-order chi connectivity index (χ1) is 19.2. The van der Waals surface area contributed by atoms with Gasteiger partial charge in [-0.3, -0.25) is 9.59 Å². The number of carbonyl (C=O) groups is 1. The first kappa shape index (κ1) is 29.0. The molecule has 40 heavy (non-hydrogen) atoms. The van der Waals surface area contributed by atoms with Gasteiger partial charge in [0.25, 0.3) is 5.43 Å². The number of benzene rings is 2. The Morgan fingerprint density at radius 1 is 1.02 bits per heavy atom. The minimum Gasteiger partial charge on any atom is -0.486 e. The highest BCUT2D eigenvalue weighted by Gasteiger charge is 2.25. The van der Waals surface area contributed by atoms with Gasteiger partial charge in [0, 0.05) is 25.0 Å². The summed E-state index contributed by atoms with van der Waals surface area (Å²) >= 11 is 6.65. The summed E-state index contributed by atoms with van der Waals surface area (Å²) in [5.74, 6) is 0.512. The number of hydrogen-bond acceptors (Lipinski definition) is 6. The fourth-order valence-electron chi connectivity index (χ4n) is 4.56. The van der Waals surface area contributed by atoms with Crippen LogP contribution >= 0.6 is 11.6 Å². The molecule has 0 atom stereocenters. The van der Waals surface area contributed by atoms with Crippen LogP contribution in [-0.4, -0.2) is 28.7 Å². The van der Waals surface area contributed by atoms with Gasteiger partial charge in [0.15, 0.2) is 10.9 Å². The first-order valence-electron chi connectivity index (χ1n) is 13.4. The number of unbranched alkanes of at least 4 members (excludes halogenated alkanes) is 1. The zero-order chi connectivity index (χ0) is 28.8. The van der Waals surface area contributed by atoms with Crippen LogP contribution in [0, 0.1) is 0 Å². The summed E-state index contributed by atoms with van der Waals surface area (Å²) in [4.78, 5) is 41.7. The van der Waals surface area contributed by atoms with Crippen molar-refractivity contribution in [3.63, 3.8) is 0 Å². The van der Waals surface area contributed by atoms with Gasteiger partial charge in [-0.05, 0) is 43.0 Å². The summed E-state index contributed by atoms with van der Waals surface area (Å²) in [6.07, 6.45) is 4.60. The number of hydrogen-bond donors (Lipinski definition) is 0. The summed E-state index contributed by atoms with van der Waals surface area (Å²) in [6, 6.07) is 17.1. The van der Waals surface area contributed by atoms with E-state index in [0.717, 1.165) is 36.2 Å². The van der Waals surface area contributed by atoms with E-state index in [2.05, 4.69) is 11.9 Å². The van der Waals surface area contributed by atoms with Crippen LogP contribution in [0.4, 0.5) is 0 Å². The Labute approximate surface area is 238 Å². The molecule has 0 fully saturated rings. The maximum absolute atomic E-state index is 12.7. The number of aromatic nitrogens is 2. The van der Waals surface area contributed by atoms with Crippen molar-refractivity contribution in [2.75, 3.05) is 7.11 Å². The first-order valence-corrected chi connectivity index (χ1v) is 13.8. The highest BCUT2D eigenvalue weighted by Crippen LogP contribution is 2.28. The van der Waals surface area contributed by atoms with Crippen LogP contribution in [-0.2, 0) is 28.9 Å². The van der Waals surface area contributed by atoms with Gasteiger partial charge in [0.1, 0.15) is 5.82 Å². The third-order valence-electron chi connectivity index (χ3n) is 6.59. The van der Waals surface area contributed by atoms with Crippen molar-refractivity contribution in [3.05, 3.63) is 108 Å². The number of rotatable bonds is 12. The smallest absolute Gasteiger partial charge is 0.334 e. The number of methoxy groups -OCH3 is 1. The van der Waals surface area contributed by atoms with Crippen LogP contribution in [0.15, 0.2) is 69.8 Å². The van der Waals surface area contributed by atoms with Gasteiger partial charge in [-0.15, -0.1) is 0 Å². The average molecular weight is 561 g/mol. The van der Waals surface area contributed by atoms with Crippen molar-refractivity contribution < 1.29 is 14.3 Å². The van der Waals surface area contributed by atoms with E-state index in [1.807, 2.05) is 73.0 Å². The molecular weight excluding hydrogens is 528 g/mol. The standard InChI is InChI=1S/C32H33ClN2O5/c1-5-6-12-26-34-31(33)25(18-24(32(38)39-4)17-21-10-8-7-9-11-21)35(26)19-22-13-15-23(16-14-22)27-28(36)29(37)30(27)40-20(2)3/h7-11,13-16,18,20H,5-6,12,17,19H2,1-4H3/b24-18-. The van der Waals surface area contributed by atoms with Gasteiger partial charge < -0.3 is 14.0 Å². The van der Waals surface area contributed by atoms with Crippen LogP contribution in [0.3, 0.4) is 0 Å². The van der Waals surface area contributed by atoms with Crippen molar-refractivity contribution in [3.8, 4) is 16.9 Å². The molecule has 0 aliphatic rings. The number of aryl methyl sites for hydroxylation is 1. The summed E-state index contributed by atoms with van der Waals surface area (Å²) in [5.41, 5.74) is 2.83. The molecule has 1 heterocycles. The van der Waals surface area contributed by atoms with Gasteiger partial charge in [-0.2, -0.15) is 0 Å². The number of esters is 1. The van der Waals surface area contributed by atoms with Gasteiger partial charge in [0.2, 0.25) is 5.43 Å². The lowest BCUT2D eigenvalue weighted by Crippen LogP contribution is -2.35. The van der Waals surface area contributed by atoms with E-state index in [1.165, 1.54) is 7.11 Å². The zero-order valence-electron chi connectivity index (χ0n) is 23.2. The van der Waals surface area contributed by atoms with Crippen LogP contribution in [0.5, 0.6) is 5.75 Å². The molecule has 4 aromatic rings. The quantitative estimate of drug-likeness (QED) is 0.124. The number of halogens is 1. The second-order valence-electron chi connectivity index (χ2n) is 9.94. The largest absolute Gasteiger partial charge is 0.486 e. The molecule has 0 bridgehead atoms. The van der Waals surface area contributed by atoms with E-state index >= 15 is 0 Å². The number of nitrogens with zero attached hydrogens (tertiary/aromatic N) is 2. The van der Waals surface area contributed by atoms with Crippen molar-refractivity contribution in [1.29, 1.82) is 0 Å². The Kier molecular flexibility index (Phi) is 9.38. The van der Waals surface area contributed by atoms with Gasteiger partial charge in [0.05, 0.1) is 24.5 Å². The highest BCUT2D eigenvalue weighted by molar-refractivity contribution is 6.30. The molecule has 8 heteroatoms. The van der Waals surface area contributed by atoms with E-state index in [4.69, 9.17) is 21.1 Å². The average Bonchev–Trinajstić information content (AvgIpc) is 3.24. The summed E-state index contributed by atoms with van der Waals surface area (Å²) in [6.45, 7) is 6.19. The molecule has 4 rings (SSSR count). The molecule has 0 amide bonds. The Morgan fingerprint density at radius 3 is 2.35 bits per heavy atom. The van der Waals surface area contributed by atoms with Crippen LogP contribution in [0.25, 0.3) is 17.2 Å². The maximum atomic E-state index is 12.7. The minimum atomic E-state index is -0.588. The molecule has 0 aliphatic heterocycles. The molecule has 0 saturated carbocycles. The fraction of sp³-hybridized carbons (Fsp3) is 0.312. The molecule has 0 saturated heterocycles.